The van der Waals surface area contributed by atoms with Crippen LogP contribution < -0.4 is 31.1 Å². The molecule has 0 N–H and O–H groups in total. The average Bonchev–Trinajstić information content (AvgIpc) is 3.38. The summed E-state index contributed by atoms with van der Waals surface area (Å²) in [7, 11) is 0. The van der Waals surface area contributed by atoms with Crippen LogP contribution in [0.2, 0.25) is 0 Å². The van der Waals surface area contributed by atoms with E-state index in [0.29, 0.717) is 0 Å². The summed E-state index contributed by atoms with van der Waals surface area (Å²) in [6.07, 6.45) is 2.29. The third-order valence-corrected chi connectivity index (χ3v) is 16.2. The Morgan fingerprint density at radius 3 is 1.56 bits per heavy atom. The fraction of sp³-hybridized carbons (Fsp3) is 0.206. The first-order valence-electron chi connectivity index (χ1n) is 26.0. The molecule has 9 aromatic carbocycles. The second-order valence-corrected chi connectivity index (χ2v) is 23.0. The van der Waals surface area contributed by atoms with Crippen molar-refractivity contribution in [2.24, 2.45) is 0 Å². The van der Waals surface area contributed by atoms with E-state index in [-0.39, 0.29) is 23.0 Å². The Balaban J connectivity index is 1.21. The summed E-state index contributed by atoms with van der Waals surface area (Å²) in [5.74, 6) is 0. The molecule has 9 aromatic rings. The van der Waals surface area contributed by atoms with Gasteiger partial charge in [0.1, 0.15) is 0 Å². The van der Waals surface area contributed by atoms with Crippen LogP contribution in [0.1, 0.15) is 89.1 Å². The van der Waals surface area contributed by atoms with Gasteiger partial charge in [0.05, 0.1) is 5.69 Å². The maximum Gasteiger partial charge on any atom is 0.252 e. The summed E-state index contributed by atoms with van der Waals surface area (Å²) in [6.45, 7) is 21.4. The number of fused-ring (bicyclic) bond motifs is 5. The van der Waals surface area contributed by atoms with E-state index in [1.54, 1.807) is 0 Å². The Kier molecular flexibility index (Phi) is 10.8. The molecule has 0 atom stereocenters. The SMILES string of the molecule is Cc1cc2c3c(c1)N(c1ccc(C(C)(C)C)cc1-c1ccccc1)c1ccc(N(c4ccccc4)c4ccccc4)cc1B3c1cc3c(cc1N2c1cc(-c2ccccc2)ccc1C)C(C)(C)CCC3(C)C. The second-order valence-electron chi connectivity index (χ2n) is 23.0. The molecular weight excluding hydrogens is 870 g/mol. The van der Waals surface area contributed by atoms with Gasteiger partial charge < -0.3 is 14.7 Å². The van der Waals surface area contributed by atoms with Crippen molar-refractivity contribution >= 4 is 74.3 Å². The number of benzene rings is 9. The monoisotopic (exact) mass is 934 g/mol. The van der Waals surface area contributed by atoms with Crippen LogP contribution in [0.3, 0.4) is 0 Å². The van der Waals surface area contributed by atoms with E-state index < -0.39 is 0 Å². The zero-order chi connectivity index (χ0) is 49.7. The Labute approximate surface area is 428 Å². The maximum atomic E-state index is 2.66. The van der Waals surface area contributed by atoms with E-state index in [1.165, 1.54) is 101 Å². The van der Waals surface area contributed by atoms with Gasteiger partial charge in [0, 0.05) is 51.1 Å². The van der Waals surface area contributed by atoms with E-state index in [9.17, 15) is 0 Å². The molecule has 3 aliphatic rings. The molecule has 3 nitrogen and oxygen atoms in total. The minimum Gasteiger partial charge on any atom is -0.311 e. The highest BCUT2D eigenvalue weighted by Crippen LogP contribution is 2.52. The average molecular weight is 934 g/mol. The summed E-state index contributed by atoms with van der Waals surface area (Å²) in [5.41, 5.74) is 26.2. The number of aryl methyl sites for hydroxylation is 2. The standard InChI is InChI=1S/C68H64BN3/c1-45-38-63-65-64(39-45)72(61-40-49(31-30-46(61)2)47-22-14-10-15-23-47)62-44-56-55(67(6,7)36-37-68(56,8)9)43-58(62)69(65)57-42-53(70(51-26-18-12-19-27-51)52-28-20-13-21-29-52)33-35-60(57)71(63)59-34-32-50(66(3,4)5)41-54(59)48-24-16-11-17-25-48/h10-35,38-44H,36-37H2,1-9H3. The first kappa shape index (κ1) is 45.6. The Bertz CT molecular complexity index is 3500. The van der Waals surface area contributed by atoms with Crippen LogP contribution in [0.25, 0.3) is 22.3 Å². The first-order valence-corrected chi connectivity index (χ1v) is 26.0. The van der Waals surface area contributed by atoms with E-state index in [1.807, 2.05) is 0 Å². The summed E-state index contributed by atoms with van der Waals surface area (Å²) in [5, 5.41) is 0. The molecule has 0 unspecified atom stereocenters. The van der Waals surface area contributed by atoms with Crippen LogP contribution >= 0.6 is 0 Å². The lowest BCUT2D eigenvalue weighted by molar-refractivity contribution is 0.332. The second kappa shape index (κ2) is 17.1. The molecule has 0 radical (unpaired) electrons. The molecule has 0 saturated heterocycles. The number of para-hydroxylation sites is 2. The third kappa shape index (κ3) is 7.57. The van der Waals surface area contributed by atoms with Crippen LogP contribution in [0.5, 0.6) is 0 Å². The van der Waals surface area contributed by atoms with Crippen LogP contribution in [0.15, 0.2) is 200 Å². The molecule has 0 fully saturated rings. The van der Waals surface area contributed by atoms with Crippen molar-refractivity contribution < 1.29 is 0 Å². The molecule has 1 aliphatic carbocycles. The highest BCUT2D eigenvalue weighted by Gasteiger charge is 2.47. The van der Waals surface area contributed by atoms with Crippen molar-refractivity contribution in [1.29, 1.82) is 0 Å². The van der Waals surface area contributed by atoms with Crippen molar-refractivity contribution in [1.82, 2.24) is 0 Å². The molecule has 2 heterocycles. The maximum absolute atomic E-state index is 2.66. The summed E-state index contributed by atoms with van der Waals surface area (Å²) < 4.78 is 0. The van der Waals surface area contributed by atoms with Crippen LogP contribution in [0, 0.1) is 13.8 Å². The molecule has 0 amide bonds. The predicted octanol–water partition coefficient (Wildman–Crippen LogP) is 16.8. The number of hydrogen-bond acceptors (Lipinski definition) is 3. The lowest BCUT2D eigenvalue weighted by atomic mass is 9.33. The van der Waals surface area contributed by atoms with Crippen LogP contribution in [0.4, 0.5) is 51.2 Å². The quantitative estimate of drug-likeness (QED) is 0.147. The molecule has 4 heteroatoms. The lowest BCUT2D eigenvalue weighted by Gasteiger charge is -2.48. The number of rotatable bonds is 7. The Morgan fingerprint density at radius 2 is 0.958 bits per heavy atom. The molecule has 0 aromatic heterocycles. The van der Waals surface area contributed by atoms with Gasteiger partial charge >= 0.3 is 0 Å². The highest BCUT2D eigenvalue weighted by molar-refractivity contribution is 7.00. The number of anilines is 9. The molecule has 72 heavy (non-hydrogen) atoms. The van der Waals surface area contributed by atoms with Crippen molar-refractivity contribution in [3.63, 3.8) is 0 Å². The summed E-state index contributed by atoms with van der Waals surface area (Å²) in [4.78, 5) is 7.70. The fourth-order valence-electron chi connectivity index (χ4n) is 12.2. The lowest BCUT2D eigenvalue weighted by Crippen LogP contribution is -2.62. The van der Waals surface area contributed by atoms with Gasteiger partial charge in [-0.1, -0.05) is 170 Å². The molecule has 0 spiro atoms. The minimum absolute atomic E-state index is 0.00637. The smallest absolute Gasteiger partial charge is 0.252 e. The fourth-order valence-corrected chi connectivity index (χ4v) is 12.2. The van der Waals surface area contributed by atoms with Gasteiger partial charge in [0.2, 0.25) is 0 Å². The molecule has 0 saturated carbocycles. The van der Waals surface area contributed by atoms with Crippen LogP contribution in [-0.2, 0) is 16.2 Å². The van der Waals surface area contributed by atoms with Gasteiger partial charge in [-0.15, -0.1) is 0 Å². The number of hydrogen-bond donors (Lipinski definition) is 0. The molecule has 12 rings (SSSR count). The van der Waals surface area contributed by atoms with Crippen molar-refractivity contribution in [2.45, 2.75) is 91.4 Å². The molecular formula is C68H64BN3. The van der Waals surface area contributed by atoms with E-state index >= 15 is 0 Å². The molecule has 0 bridgehead atoms. The largest absolute Gasteiger partial charge is 0.311 e. The van der Waals surface area contributed by atoms with Crippen molar-refractivity contribution in [2.75, 3.05) is 14.7 Å². The van der Waals surface area contributed by atoms with Gasteiger partial charge in [-0.2, -0.15) is 0 Å². The molecule has 2 aliphatic heterocycles. The normalized spacial score (nSPS) is 15.0. The Hall–Kier alpha value is -7.56. The number of nitrogens with zero attached hydrogens (tertiary/aromatic N) is 3. The Morgan fingerprint density at radius 1 is 0.431 bits per heavy atom. The first-order chi connectivity index (χ1) is 34.7. The van der Waals surface area contributed by atoms with Crippen LogP contribution in [-0.4, -0.2) is 6.71 Å². The van der Waals surface area contributed by atoms with Gasteiger partial charge in [-0.3, -0.25) is 0 Å². The van der Waals surface area contributed by atoms with E-state index in [2.05, 4.69) is 277 Å². The zero-order valence-electron chi connectivity index (χ0n) is 43.4. The highest BCUT2D eigenvalue weighted by atomic mass is 15.2. The van der Waals surface area contributed by atoms with Gasteiger partial charge in [-0.05, 0) is 183 Å². The summed E-state index contributed by atoms with van der Waals surface area (Å²) in [6, 6.07) is 75.5. The van der Waals surface area contributed by atoms with Gasteiger partial charge in [-0.25, -0.2) is 0 Å². The zero-order valence-corrected chi connectivity index (χ0v) is 43.4. The topological polar surface area (TPSA) is 9.72 Å². The van der Waals surface area contributed by atoms with Gasteiger partial charge in [0.25, 0.3) is 6.71 Å². The van der Waals surface area contributed by atoms with Crippen molar-refractivity contribution in [3.05, 3.63) is 228 Å². The third-order valence-electron chi connectivity index (χ3n) is 16.2. The summed E-state index contributed by atoms with van der Waals surface area (Å²) >= 11 is 0. The predicted molar refractivity (Wildman–Crippen MR) is 309 cm³/mol. The van der Waals surface area contributed by atoms with E-state index in [4.69, 9.17) is 0 Å². The van der Waals surface area contributed by atoms with E-state index in [0.717, 1.165) is 29.9 Å². The minimum atomic E-state index is -0.0702. The van der Waals surface area contributed by atoms with Gasteiger partial charge in [0.15, 0.2) is 0 Å². The molecule has 354 valence electrons. The van der Waals surface area contributed by atoms with Crippen molar-refractivity contribution in [3.8, 4) is 22.3 Å².